The molecular weight excluding hydrogens is 280 g/mol. The molecule has 0 radical (unpaired) electrons. The molecule has 1 saturated heterocycles. The number of amides is 1. The third-order valence-corrected chi connectivity index (χ3v) is 3.70. The lowest BCUT2D eigenvalue weighted by molar-refractivity contribution is -0.117. The van der Waals surface area contributed by atoms with Gasteiger partial charge in [-0.1, -0.05) is 0 Å². The van der Waals surface area contributed by atoms with Gasteiger partial charge in [-0.2, -0.15) is 5.26 Å². The Labute approximate surface area is 130 Å². The molecule has 0 spiro atoms. The van der Waals surface area contributed by atoms with Crippen LogP contribution in [0.25, 0.3) is 6.08 Å². The zero-order valence-electron chi connectivity index (χ0n) is 12.8. The van der Waals surface area contributed by atoms with Crippen LogP contribution in [-0.4, -0.2) is 30.3 Å². The number of nitriles is 1. The van der Waals surface area contributed by atoms with Crippen LogP contribution < -0.4 is 5.32 Å². The summed E-state index contributed by atoms with van der Waals surface area (Å²) in [7, 11) is 0. The van der Waals surface area contributed by atoms with E-state index in [0.29, 0.717) is 17.7 Å². The number of phenolic OH excluding ortho intramolecular Hbond substituents is 1. The summed E-state index contributed by atoms with van der Waals surface area (Å²) in [4.78, 5) is 12.1. The minimum absolute atomic E-state index is 0.0436. The molecule has 1 unspecified atom stereocenters. The van der Waals surface area contributed by atoms with Gasteiger partial charge < -0.3 is 15.2 Å². The summed E-state index contributed by atoms with van der Waals surface area (Å²) < 4.78 is 5.43. The van der Waals surface area contributed by atoms with Gasteiger partial charge in [0.05, 0.1) is 6.10 Å². The predicted octanol–water partition coefficient (Wildman–Crippen LogP) is 2.21. The molecule has 1 aromatic rings. The second-order valence-electron chi connectivity index (χ2n) is 5.52. The quantitative estimate of drug-likeness (QED) is 0.660. The van der Waals surface area contributed by atoms with E-state index in [4.69, 9.17) is 4.74 Å². The number of aryl methyl sites for hydroxylation is 2. The highest BCUT2D eigenvalue weighted by Crippen LogP contribution is 2.24. The summed E-state index contributed by atoms with van der Waals surface area (Å²) in [6.45, 7) is 4.71. The maximum absolute atomic E-state index is 12.1. The number of rotatable bonds is 4. The molecule has 2 N–H and O–H groups in total. The van der Waals surface area contributed by atoms with Gasteiger partial charge >= 0.3 is 0 Å². The molecule has 1 atom stereocenters. The number of hydrogen-bond donors (Lipinski definition) is 2. The third-order valence-electron chi connectivity index (χ3n) is 3.70. The minimum Gasteiger partial charge on any atom is -0.507 e. The van der Waals surface area contributed by atoms with Crippen molar-refractivity contribution in [3.8, 4) is 11.8 Å². The minimum atomic E-state index is -0.401. The van der Waals surface area contributed by atoms with E-state index in [0.717, 1.165) is 25.0 Å². The van der Waals surface area contributed by atoms with Crippen LogP contribution in [0.4, 0.5) is 0 Å². The third kappa shape index (κ3) is 3.86. The molecule has 22 heavy (non-hydrogen) atoms. The van der Waals surface area contributed by atoms with E-state index in [1.54, 1.807) is 26.0 Å². The van der Waals surface area contributed by atoms with Gasteiger partial charge in [0.15, 0.2) is 0 Å². The molecule has 0 aromatic heterocycles. The Morgan fingerprint density at radius 1 is 1.50 bits per heavy atom. The predicted molar refractivity (Wildman–Crippen MR) is 83.2 cm³/mol. The van der Waals surface area contributed by atoms with Crippen molar-refractivity contribution in [2.24, 2.45) is 0 Å². The van der Waals surface area contributed by atoms with Crippen molar-refractivity contribution in [2.75, 3.05) is 13.2 Å². The molecule has 1 aromatic carbocycles. The highest BCUT2D eigenvalue weighted by molar-refractivity contribution is 6.01. The fourth-order valence-corrected chi connectivity index (χ4v) is 2.50. The van der Waals surface area contributed by atoms with Crippen molar-refractivity contribution in [3.05, 3.63) is 34.4 Å². The van der Waals surface area contributed by atoms with Gasteiger partial charge in [0, 0.05) is 13.2 Å². The number of carbonyl (C=O) groups is 1. The highest BCUT2D eigenvalue weighted by Gasteiger charge is 2.17. The molecule has 0 aliphatic carbocycles. The maximum atomic E-state index is 12.1. The Hall–Kier alpha value is -2.32. The van der Waals surface area contributed by atoms with Crippen molar-refractivity contribution in [3.63, 3.8) is 0 Å². The van der Waals surface area contributed by atoms with E-state index in [1.807, 2.05) is 6.07 Å². The van der Waals surface area contributed by atoms with E-state index in [-0.39, 0.29) is 17.4 Å². The summed E-state index contributed by atoms with van der Waals surface area (Å²) >= 11 is 0. The number of phenols is 1. The van der Waals surface area contributed by atoms with Crippen LogP contribution in [0.2, 0.25) is 0 Å². The van der Waals surface area contributed by atoms with E-state index in [9.17, 15) is 15.2 Å². The lowest BCUT2D eigenvalue weighted by Crippen LogP contribution is -2.32. The number of hydrogen-bond acceptors (Lipinski definition) is 4. The second-order valence-corrected chi connectivity index (χ2v) is 5.52. The fraction of sp³-hybridized carbons (Fsp3) is 0.412. The first-order valence-corrected chi connectivity index (χ1v) is 7.33. The zero-order valence-corrected chi connectivity index (χ0v) is 12.8. The Morgan fingerprint density at radius 2 is 2.18 bits per heavy atom. The SMILES string of the molecule is Cc1cc(/C=C(\C#N)C(=O)NCC2CCCO2)cc(C)c1O. The normalized spacial score (nSPS) is 18.0. The second kappa shape index (κ2) is 7.10. The van der Waals surface area contributed by atoms with Crippen LogP contribution in [0.15, 0.2) is 17.7 Å². The summed E-state index contributed by atoms with van der Waals surface area (Å²) in [6.07, 6.45) is 3.52. The van der Waals surface area contributed by atoms with Crippen molar-refractivity contribution < 1.29 is 14.6 Å². The van der Waals surface area contributed by atoms with Crippen molar-refractivity contribution in [2.45, 2.75) is 32.8 Å². The van der Waals surface area contributed by atoms with Gasteiger partial charge in [-0.05, 0) is 61.6 Å². The van der Waals surface area contributed by atoms with Crippen molar-refractivity contribution in [1.82, 2.24) is 5.32 Å². The van der Waals surface area contributed by atoms with Crippen LogP contribution in [0.1, 0.15) is 29.5 Å². The summed E-state index contributed by atoms with van der Waals surface area (Å²) in [5.74, 6) is -0.167. The van der Waals surface area contributed by atoms with Crippen molar-refractivity contribution >= 4 is 12.0 Å². The molecule has 1 aliphatic rings. The maximum Gasteiger partial charge on any atom is 0.262 e. The molecule has 1 heterocycles. The van der Waals surface area contributed by atoms with Gasteiger partial charge in [-0.3, -0.25) is 4.79 Å². The Morgan fingerprint density at radius 3 is 2.73 bits per heavy atom. The molecule has 116 valence electrons. The molecule has 0 saturated carbocycles. The number of aromatic hydroxyl groups is 1. The standard InChI is InChI=1S/C17H20N2O3/c1-11-6-13(7-12(2)16(11)20)8-14(9-18)17(21)19-10-15-4-3-5-22-15/h6-8,15,20H,3-5,10H2,1-2H3,(H,19,21)/b14-8+. The average Bonchev–Trinajstić information content (AvgIpc) is 3.01. The number of benzene rings is 1. The van der Waals surface area contributed by atoms with Gasteiger partial charge in [0.25, 0.3) is 5.91 Å². The molecular formula is C17H20N2O3. The monoisotopic (exact) mass is 300 g/mol. The zero-order chi connectivity index (χ0) is 16.1. The highest BCUT2D eigenvalue weighted by atomic mass is 16.5. The van der Waals surface area contributed by atoms with Gasteiger partial charge in [0.1, 0.15) is 17.4 Å². The largest absolute Gasteiger partial charge is 0.507 e. The molecule has 1 aliphatic heterocycles. The van der Waals surface area contributed by atoms with Crippen LogP contribution >= 0.6 is 0 Å². The smallest absolute Gasteiger partial charge is 0.262 e. The number of nitrogens with zero attached hydrogens (tertiary/aromatic N) is 1. The van der Waals surface area contributed by atoms with E-state index < -0.39 is 5.91 Å². The Balaban J connectivity index is 2.09. The molecule has 5 nitrogen and oxygen atoms in total. The number of nitrogens with one attached hydrogen (secondary N) is 1. The molecule has 1 amide bonds. The van der Waals surface area contributed by atoms with E-state index >= 15 is 0 Å². The molecule has 0 bridgehead atoms. The lowest BCUT2D eigenvalue weighted by Gasteiger charge is -2.10. The summed E-state index contributed by atoms with van der Waals surface area (Å²) in [5.41, 5.74) is 2.19. The van der Waals surface area contributed by atoms with E-state index in [1.165, 1.54) is 6.08 Å². The number of carbonyl (C=O) groups excluding carboxylic acids is 1. The van der Waals surface area contributed by atoms with E-state index in [2.05, 4.69) is 5.32 Å². The van der Waals surface area contributed by atoms with Crippen LogP contribution in [0.3, 0.4) is 0 Å². The summed E-state index contributed by atoms with van der Waals surface area (Å²) in [6, 6.07) is 5.41. The molecule has 5 heteroatoms. The van der Waals surface area contributed by atoms with Crippen LogP contribution in [-0.2, 0) is 9.53 Å². The van der Waals surface area contributed by atoms with Gasteiger partial charge in [-0.25, -0.2) is 0 Å². The number of ether oxygens (including phenoxy) is 1. The summed E-state index contributed by atoms with van der Waals surface area (Å²) in [5, 5.41) is 21.7. The first-order valence-electron chi connectivity index (χ1n) is 7.33. The molecule has 2 rings (SSSR count). The first-order chi connectivity index (χ1) is 10.5. The van der Waals surface area contributed by atoms with Gasteiger partial charge in [-0.15, -0.1) is 0 Å². The average molecular weight is 300 g/mol. The lowest BCUT2D eigenvalue weighted by atomic mass is 10.0. The van der Waals surface area contributed by atoms with Crippen LogP contribution in [0, 0.1) is 25.2 Å². The van der Waals surface area contributed by atoms with Gasteiger partial charge in [0.2, 0.25) is 0 Å². The van der Waals surface area contributed by atoms with Crippen LogP contribution in [0.5, 0.6) is 5.75 Å². The Bertz CT molecular complexity index is 615. The van der Waals surface area contributed by atoms with Crippen molar-refractivity contribution in [1.29, 1.82) is 5.26 Å². The topological polar surface area (TPSA) is 82.4 Å². The fourth-order valence-electron chi connectivity index (χ4n) is 2.50. The molecule has 1 fully saturated rings. The Kier molecular flexibility index (Phi) is 5.18. The first kappa shape index (κ1) is 16.1.